The molecule has 2 N–H and O–H groups in total. The summed E-state index contributed by atoms with van der Waals surface area (Å²) in [6.07, 6.45) is 5.34. The summed E-state index contributed by atoms with van der Waals surface area (Å²) >= 11 is 0. The third-order valence-electron chi connectivity index (χ3n) is 4.11. The maximum atomic E-state index is 5.88. The second kappa shape index (κ2) is 3.61. The standard InChI is InChI=1S/C12H25N/c1-5-12(9-13)7-6-10(8-12)11(2,3)4/h10H,5-9,13H2,1-4H3. The molecule has 0 bridgehead atoms. The molecular weight excluding hydrogens is 158 g/mol. The Morgan fingerprint density at radius 2 is 2.00 bits per heavy atom. The van der Waals surface area contributed by atoms with Crippen LogP contribution in [0, 0.1) is 16.7 Å². The molecule has 1 saturated carbocycles. The highest BCUT2D eigenvalue weighted by molar-refractivity contribution is 4.92. The van der Waals surface area contributed by atoms with Crippen LogP contribution in [0.4, 0.5) is 0 Å². The van der Waals surface area contributed by atoms with Crippen molar-refractivity contribution in [3.05, 3.63) is 0 Å². The minimum Gasteiger partial charge on any atom is -0.330 e. The van der Waals surface area contributed by atoms with E-state index in [1.807, 2.05) is 0 Å². The van der Waals surface area contributed by atoms with Crippen LogP contribution in [0.3, 0.4) is 0 Å². The zero-order valence-corrected chi connectivity index (χ0v) is 9.69. The molecule has 0 aliphatic heterocycles. The van der Waals surface area contributed by atoms with Gasteiger partial charge in [0.25, 0.3) is 0 Å². The van der Waals surface area contributed by atoms with Gasteiger partial charge < -0.3 is 5.73 Å². The molecule has 1 fully saturated rings. The van der Waals surface area contributed by atoms with E-state index in [2.05, 4.69) is 27.7 Å². The Kier molecular flexibility index (Phi) is 3.06. The van der Waals surface area contributed by atoms with E-state index in [1.54, 1.807) is 0 Å². The van der Waals surface area contributed by atoms with Crippen molar-refractivity contribution < 1.29 is 0 Å². The summed E-state index contributed by atoms with van der Waals surface area (Å²) in [5.74, 6) is 0.885. The molecule has 2 unspecified atom stereocenters. The van der Waals surface area contributed by atoms with E-state index >= 15 is 0 Å². The molecule has 0 aromatic heterocycles. The van der Waals surface area contributed by atoms with Crippen molar-refractivity contribution in [2.45, 2.75) is 53.4 Å². The Hall–Kier alpha value is -0.0400. The first-order chi connectivity index (χ1) is 5.93. The van der Waals surface area contributed by atoms with Gasteiger partial charge in [-0.15, -0.1) is 0 Å². The van der Waals surface area contributed by atoms with Crippen LogP contribution in [-0.2, 0) is 0 Å². The highest BCUT2D eigenvalue weighted by Crippen LogP contribution is 2.49. The quantitative estimate of drug-likeness (QED) is 0.699. The highest BCUT2D eigenvalue weighted by Gasteiger charge is 2.40. The maximum Gasteiger partial charge on any atom is -0.00205 e. The smallest absolute Gasteiger partial charge is 0.00205 e. The monoisotopic (exact) mass is 183 g/mol. The van der Waals surface area contributed by atoms with Crippen molar-refractivity contribution in [3.8, 4) is 0 Å². The molecule has 0 radical (unpaired) electrons. The van der Waals surface area contributed by atoms with E-state index in [1.165, 1.54) is 25.7 Å². The van der Waals surface area contributed by atoms with Gasteiger partial charge in [0.15, 0.2) is 0 Å². The van der Waals surface area contributed by atoms with Crippen molar-refractivity contribution >= 4 is 0 Å². The molecule has 1 nitrogen and oxygen atoms in total. The molecule has 0 amide bonds. The van der Waals surface area contributed by atoms with E-state index in [9.17, 15) is 0 Å². The molecule has 1 heteroatoms. The Bertz CT molecular complexity index is 162. The van der Waals surface area contributed by atoms with Crippen molar-refractivity contribution in [2.24, 2.45) is 22.5 Å². The number of hydrogen-bond acceptors (Lipinski definition) is 1. The van der Waals surface area contributed by atoms with E-state index in [4.69, 9.17) is 5.73 Å². The van der Waals surface area contributed by atoms with Crippen LogP contribution in [0.2, 0.25) is 0 Å². The second-order valence-corrected chi connectivity index (χ2v) is 5.86. The van der Waals surface area contributed by atoms with Crippen molar-refractivity contribution in [1.29, 1.82) is 0 Å². The van der Waals surface area contributed by atoms with Crippen LogP contribution in [-0.4, -0.2) is 6.54 Å². The van der Waals surface area contributed by atoms with Gasteiger partial charge in [-0.3, -0.25) is 0 Å². The van der Waals surface area contributed by atoms with Gasteiger partial charge in [0.1, 0.15) is 0 Å². The van der Waals surface area contributed by atoms with Crippen LogP contribution < -0.4 is 5.73 Å². The van der Waals surface area contributed by atoms with Gasteiger partial charge in [-0.2, -0.15) is 0 Å². The van der Waals surface area contributed by atoms with E-state index < -0.39 is 0 Å². The molecule has 13 heavy (non-hydrogen) atoms. The van der Waals surface area contributed by atoms with E-state index in [-0.39, 0.29) is 0 Å². The van der Waals surface area contributed by atoms with Crippen molar-refractivity contribution in [2.75, 3.05) is 6.54 Å². The van der Waals surface area contributed by atoms with Crippen LogP contribution in [0.5, 0.6) is 0 Å². The average molecular weight is 183 g/mol. The third kappa shape index (κ3) is 2.25. The maximum absolute atomic E-state index is 5.88. The Morgan fingerprint density at radius 1 is 1.38 bits per heavy atom. The van der Waals surface area contributed by atoms with Gasteiger partial charge in [0, 0.05) is 0 Å². The number of rotatable bonds is 2. The van der Waals surface area contributed by atoms with Gasteiger partial charge in [0.2, 0.25) is 0 Å². The van der Waals surface area contributed by atoms with Gasteiger partial charge >= 0.3 is 0 Å². The largest absolute Gasteiger partial charge is 0.330 e. The zero-order valence-electron chi connectivity index (χ0n) is 9.69. The van der Waals surface area contributed by atoms with Crippen molar-refractivity contribution in [1.82, 2.24) is 0 Å². The van der Waals surface area contributed by atoms with Gasteiger partial charge in [-0.05, 0) is 49.0 Å². The number of nitrogens with two attached hydrogens (primary N) is 1. The molecule has 0 aromatic rings. The summed E-state index contributed by atoms with van der Waals surface area (Å²) < 4.78 is 0. The summed E-state index contributed by atoms with van der Waals surface area (Å²) in [5, 5.41) is 0. The normalized spacial score (nSPS) is 35.3. The van der Waals surface area contributed by atoms with Gasteiger partial charge in [0.05, 0.1) is 0 Å². The lowest BCUT2D eigenvalue weighted by Gasteiger charge is -2.30. The van der Waals surface area contributed by atoms with E-state index in [0.29, 0.717) is 10.8 Å². The van der Waals surface area contributed by atoms with Crippen LogP contribution in [0.25, 0.3) is 0 Å². The molecule has 78 valence electrons. The third-order valence-corrected chi connectivity index (χ3v) is 4.11. The fraction of sp³-hybridized carbons (Fsp3) is 1.00. The molecule has 2 atom stereocenters. The average Bonchev–Trinajstić information content (AvgIpc) is 2.48. The SMILES string of the molecule is CCC1(CN)CCC(C(C)(C)C)C1. The zero-order chi connectivity index (χ0) is 10.1. The second-order valence-electron chi connectivity index (χ2n) is 5.86. The first-order valence-electron chi connectivity index (χ1n) is 5.63. The molecule has 0 saturated heterocycles. The molecule has 0 spiro atoms. The topological polar surface area (TPSA) is 26.0 Å². The summed E-state index contributed by atoms with van der Waals surface area (Å²) in [6.45, 7) is 10.3. The fourth-order valence-corrected chi connectivity index (χ4v) is 2.60. The van der Waals surface area contributed by atoms with Crippen molar-refractivity contribution in [3.63, 3.8) is 0 Å². The number of hydrogen-bond donors (Lipinski definition) is 1. The Labute approximate surface area is 83.1 Å². The van der Waals surface area contributed by atoms with Crippen LogP contribution in [0.15, 0.2) is 0 Å². The lowest BCUT2D eigenvalue weighted by Crippen LogP contribution is -2.28. The minimum absolute atomic E-state index is 0.478. The fourth-order valence-electron chi connectivity index (χ4n) is 2.60. The van der Waals surface area contributed by atoms with Crippen LogP contribution >= 0.6 is 0 Å². The molecule has 0 aromatic carbocycles. The Balaban J connectivity index is 2.62. The molecular formula is C12H25N. The summed E-state index contributed by atoms with van der Waals surface area (Å²) in [7, 11) is 0. The van der Waals surface area contributed by atoms with Crippen LogP contribution in [0.1, 0.15) is 53.4 Å². The van der Waals surface area contributed by atoms with Gasteiger partial charge in [-0.1, -0.05) is 27.7 Å². The molecule has 1 rings (SSSR count). The molecule has 1 aliphatic rings. The predicted octanol–water partition coefficient (Wildman–Crippen LogP) is 3.19. The lowest BCUT2D eigenvalue weighted by molar-refractivity contribution is 0.206. The molecule has 1 aliphatic carbocycles. The first kappa shape index (κ1) is 11.0. The lowest BCUT2D eigenvalue weighted by atomic mass is 9.76. The summed E-state index contributed by atoms with van der Waals surface area (Å²) in [6, 6.07) is 0. The summed E-state index contributed by atoms with van der Waals surface area (Å²) in [5.41, 5.74) is 6.85. The summed E-state index contributed by atoms with van der Waals surface area (Å²) in [4.78, 5) is 0. The molecule has 0 heterocycles. The first-order valence-corrected chi connectivity index (χ1v) is 5.63. The van der Waals surface area contributed by atoms with E-state index in [0.717, 1.165) is 12.5 Å². The van der Waals surface area contributed by atoms with Gasteiger partial charge in [-0.25, -0.2) is 0 Å². The highest BCUT2D eigenvalue weighted by atomic mass is 14.6. The minimum atomic E-state index is 0.478. The predicted molar refractivity (Wildman–Crippen MR) is 58.6 cm³/mol. The Morgan fingerprint density at radius 3 is 2.23 bits per heavy atom.